The van der Waals surface area contributed by atoms with Gasteiger partial charge < -0.3 is 5.11 Å². The number of phenols is 1. The number of para-hydroxylation sites is 1. The molecule has 0 aliphatic rings. The molecule has 0 amide bonds. The number of rotatable bonds is 2. The summed E-state index contributed by atoms with van der Waals surface area (Å²) in [6, 6.07) is 20.7. The van der Waals surface area contributed by atoms with E-state index >= 15 is 0 Å². The third kappa shape index (κ3) is 2.32. The van der Waals surface area contributed by atoms with Crippen molar-refractivity contribution in [2.75, 3.05) is 0 Å². The molecule has 3 rings (SSSR count). The van der Waals surface area contributed by atoms with Crippen molar-refractivity contribution >= 4 is 10.8 Å². The molecule has 0 radical (unpaired) electrons. The zero-order valence-corrected chi connectivity index (χ0v) is 10.9. The van der Waals surface area contributed by atoms with Gasteiger partial charge in [-0.3, -0.25) is 0 Å². The van der Waals surface area contributed by atoms with Crippen LogP contribution in [0.5, 0.6) is 5.75 Å². The zero-order chi connectivity index (χ0) is 13.2. The zero-order valence-electron chi connectivity index (χ0n) is 10.9. The summed E-state index contributed by atoms with van der Waals surface area (Å²) >= 11 is 0. The second-order valence-electron chi connectivity index (χ2n) is 4.94. The molecule has 0 unspecified atom stereocenters. The Morgan fingerprint density at radius 2 is 1.63 bits per heavy atom. The first-order chi connectivity index (χ1) is 9.24. The number of hydrogen-bond acceptors (Lipinski definition) is 1. The van der Waals surface area contributed by atoms with Gasteiger partial charge in [0.2, 0.25) is 0 Å². The van der Waals surface area contributed by atoms with Gasteiger partial charge in [0.1, 0.15) is 5.75 Å². The molecule has 1 N–H and O–H groups in total. The molecule has 0 spiro atoms. The van der Waals surface area contributed by atoms with Gasteiger partial charge in [0.15, 0.2) is 0 Å². The highest BCUT2D eigenvalue weighted by Crippen LogP contribution is 2.25. The van der Waals surface area contributed by atoms with Crippen LogP contribution in [-0.2, 0) is 6.42 Å². The molecule has 0 saturated carbocycles. The first-order valence-corrected chi connectivity index (χ1v) is 6.49. The molecule has 1 heteroatoms. The monoisotopic (exact) mass is 248 g/mol. The maximum atomic E-state index is 10.1. The van der Waals surface area contributed by atoms with Gasteiger partial charge in [0.05, 0.1) is 0 Å². The van der Waals surface area contributed by atoms with Crippen molar-refractivity contribution in [2.24, 2.45) is 0 Å². The van der Waals surface area contributed by atoms with Crippen LogP contribution in [0.2, 0.25) is 0 Å². The Kier molecular flexibility index (Phi) is 2.96. The van der Waals surface area contributed by atoms with Crippen LogP contribution in [0, 0.1) is 6.92 Å². The lowest BCUT2D eigenvalue weighted by molar-refractivity contribution is 0.465. The van der Waals surface area contributed by atoms with Crippen LogP contribution < -0.4 is 0 Å². The lowest BCUT2D eigenvalue weighted by Gasteiger charge is -2.08. The van der Waals surface area contributed by atoms with E-state index in [4.69, 9.17) is 0 Å². The van der Waals surface area contributed by atoms with Crippen molar-refractivity contribution in [2.45, 2.75) is 13.3 Å². The fourth-order valence-corrected chi connectivity index (χ4v) is 2.43. The molecule has 3 aromatic rings. The number of fused-ring (bicyclic) bond motifs is 1. The van der Waals surface area contributed by atoms with Crippen molar-refractivity contribution in [1.29, 1.82) is 0 Å². The second-order valence-corrected chi connectivity index (χ2v) is 4.94. The Balaban J connectivity index is 1.99. The largest absolute Gasteiger partial charge is 0.507 e. The lowest BCUT2D eigenvalue weighted by Crippen LogP contribution is -1.90. The van der Waals surface area contributed by atoms with Crippen LogP contribution in [0.15, 0.2) is 60.7 Å². The van der Waals surface area contributed by atoms with Crippen molar-refractivity contribution in [3.8, 4) is 5.75 Å². The molecule has 0 saturated heterocycles. The van der Waals surface area contributed by atoms with E-state index in [-0.39, 0.29) is 0 Å². The number of hydrogen-bond donors (Lipinski definition) is 1. The van der Waals surface area contributed by atoms with Gasteiger partial charge in [0, 0.05) is 6.42 Å². The van der Waals surface area contributed by atoms with Crippen LogP contribution in [0.25, 0.3) is 10.8 Å². The van der Waals surface area contributed by atoms with E-state index in [0.29, 0.717) is 5.75 Å². The fraction of sp³-hybridized carbons (Fsp3) is 0.111. The van der Waals surface area contributed by atoms with Gasteiger partial charge in [-0.25, -0.2) is 0 Å². The molecule has 0 aliphatic heterocycles. The molecule has 1 nitrogen and oxygen atoms in total. The normalized spacial score (nSPS) is 10.8. The molecule has 3 aromatic carbocycles. The SMILES string of the molecule is Cc1cccc(Cc2ccc3ccccc3c2)c1O. The Hall–Kier alpha value is -2.28. The average molecular weight is 248 g/mol. The highest BCUT2D eigenvalue weighted by Gasteiger charge is 2.05. The standard InChI is InChI=1S/C18H16O/c1-13-5-4-8-17(18(13)19)12-14-9-10-15-6-2-3-7-16(15)11-14/h2-11,19H,12H2,1H3. The molecular formula is C18H16O. The maximum absolute atomic E-state index is 10.1. The van der Waals surface area contributed by atoms with E-state index < -0.39 is 0 Å². The highest BCUT2D eigenvalue weighted by molar-refractivity contribution is 5.83. The number of benzene rings is 3. The van der Waals surface area contributed by atoms with Gasteiger partial charge in [-0.05, 0) is 34.4 Å². The van der Waals surface area contributed by atoms with Crippen molar-refractivity contribution in [3.05, 3.63) is 77.4 Å². The Morgan fingerprint density at radius 1 is 0.842 bits per heavy atom. The van der Waals surface area contributed by atoms with Gasteiger partial charge >= 0.3 is 0 Å². The van der Waals surface area contributed by atoms with E-state index in [2.05, 4.69) is 36.4 Å². The minimum Gasteiger partial charge on any atom is -0.507 e. The van der Waals surface area contributed by atoms with E-state index in [1.165, 1.54) is 16.3 Å². The smallest absolute Gasteiger partial charge is 0.122 e. The summed E-state index contributed by atoms with van der Waals surface area (Å²) in [6.45, 7) is 1.93. The molecule has 94 valence electrons. The van der Waals surface area contributed by atoms with Crippen molar-refractivity contribution in [1.82, 2.24) is 0 Å². The molecule has 0 fully saturated rings. The van der Waals surface area contributed by atoms with Crippen LogP contribution in [0.1, 0.15) is 16.7 Å². The molecule has 0 aromatic heterocycles. The summed E-state index contributed by atoms with van der Waals surface area (Å²) < 4.78 is 0. The highest BCUT2D eigenvalue weighted by atomic mass is 16.3. The molecule has 0 bridgehead atoms. The number of aryl methyl sites for hydroxylation is 1. The quantitative estimate of drug-likeness (QED) is 0.710. The fourth-order valence-electron chi connectivity index (χ4n) is 2.43. The molecular weight excluding hydrogens is 232 g/mol. The predicted octanol–water partition coefficient (Wildman–Crippen LogP) is 4.44. The third-order valence-electron chi connectivity index (χ3n) is 3.53. The summed E-state index contributed by atoms with van der Waals surface area (Å²) in [7, 11) is 0. The molecule has 0 heterocycles. The Morgan fingerprint density at radius 3 is 2.47 bits per heavy atom. The number of aromatic hydroxyl groups is 1. The van der Waals surface area contributed by atoms with Crippen LogP contribution >= 0.6 is 0 Å². The van der Waals surface area contributed by atoms with Gasteiger partial charge in [-0.2, -0.15) is 0 Å². The minimum atomic E-state index is 0.413. The third-order valence-corrected chi connectivity index (χ3v) is 3.53. The Labute approximate surface area is 113 Å². The minimum absolute atomic E-state index is 0.413. The van der Waals surface area contributed by atoms with Gasteiger partial charge in [0.25, 0.3) is 0 Å². The van der Waals surface area contributed by atoms with E-state index in [1.807, 2.05) is 31.2 Å². The van der Waals surface area contributed by atoms with Gasteiger partial charge in [-0.1, -0.05) is 60.7 Å². The molecule has 0 aliphatic carbocycles. The second kappa shape index (κ2) is 4.77. The van der Waals surface area contributed by atoms with Gasteiger partial charge in [-0.15, -0.1) is 0 Å². The first kappa shape index (κ1) is 11.8. The summed E-state index contributed by atoms with van der Waals surface area (Å²) in [5.41, 5.74) is 3.13. The molecule has 19 heavy (non-hydrogen) atoms. The van der Waals surface area contributed by atoms with E-state index in [9.17, 15) is 5.11 Å². The lowest BCUT2D eigenvalue weighted by atomic mass is 9.99. The van der Waals surface area contributed by atoms with Crippen LogP contribution in [0.4, 0.5) is 0 Å². The first-order valence-electron chi connectivity index (χ1n) is 6.49. The van der Waals surface area contributed by atoms with E-state index in [0.717, 1.165) is 17.5 Å². The van der Waals surface area contributed by atoms with Crippen LogP contribution in [0.3, 0.4) is 0 Å². The predicted molar refractivity (Wildman–Crippen MR) is 79.6 cm³/mol. The topological polar surface area (TPSA) is 20.2 Å². The summed E-state index contributed by atoms with van der Waals surface area (Å²) in [4.78, 5) is 0. The van der Waals surface area contributed by atoms with E-state index in [1.54, 1.807) is 0 Å². The summed E-state index contributed by atoms with van der Waals surface area (Å²) in [6.07, 6.45) is 0.762. The maximum Gasteiger partial charge on any atom is 0.122 e. The number of phenolic OH excluding ortho intramolecular Hbond substituents is 1. The van der Waals surface area contributed by atoms with Crippen molar-refractivity contribution in [3.63, 3.8) is 0 Å². The average Bonchev–Trinajstić information content (AvgIpc) is 2.44. The molecule has 0 atom stereocenters. The van der Waals surface area contributed by atoms with Crippen molar-refractivity contribution < 1.29 is 5.11 Å². The Bertz CT molecular complexity index is 729. The summed E-state index contributed by atoms with van der Waals surface area (Å²) in [5, 5.41) is 12.6. The summed E-state index contributed by atoms with van der Waals surface area (Å²) in [5.74, 6) is 0.413. The van der Waals surface area contributed by atoms with Crippen LogP contribution in [-0.4, -0.2) is 5.11 Å².